The van der Waals surface area contributed by atoms with Gasteiger partial charge >= 0.3 is 0 Å². The van der Waals surface area contributed by atoms with Crippen molar-refractivity contribution in [2.45, 2.75) is 13.5 Å². The Kier molecular flexibility index (Phi) is 2.79. The molecule has 5 nitrogen and oxygen atoms in total. The maximum Gasteiger partial charge on any atom is 0.272 e. The first-order valence-corrected chi connectivity index (χ1v) is 6.00. The Morgan fingerprint density at radius 2 is 2.26 bits per heavy atom. The van der Waals surface area contributed by atoms with Crippen molar-refractivity contribution in [2.24, 2.45) is 0 Å². The first-order chi connectivity index (χ1) is 9.22. The normalized spacial score (nSPS) is 10.8. The van der Waals surface area contributed by atoms with E-state index in [0.29, 0.717) is 12.2 Å². The lowest BCUT2D eigenvalue weighted by molar-refractivity contribution is 0.0942. The van der Waals surface area contributed by atoms with Crippen molar-refractivity contribution in [1.29, 1.82) is 0 Å². The number of aryl methyl sites for hydroxylation is 1. The van der Waals surface area contributed by atoms with E-state index >= 15 is 0 Å². The highest BCUT2D eigenvalue weighted by Gasteiger charge is 2.10. The zero-order valence-corrected chi connectivity index (χ0v) is 10.5. The van der Waals surface area contributed by atoms with Crippen molar-refractivity contribution in [1.82, 2.24) is 14.9 Å². The van der Waals surface area contributed by atoms with E-state index in [2.05, 4.69) is 10.4 Å². The van der Waals surface area contributed by atoms with Crippen molar-refractivity contribution in [3.8, 4) is 0 Å². The van der Waals surface area contributed by atoms with E-state index in [-0.39, 0.29) is 5.91 Å². The molecule has 0 atom stereocenters. The van der Waals surface area contributed by atoms with E-state index in [1.54, 1.807) is 10.6 Å². The van der Waals surface area contributed by atoms with Crippen molar-refractivity contribution in [3.05, 3.63) is 59.8 Å². The van der Waals surface area contributed by atoms with E-state index in [4.69, 9.17) is 4.42 Å². The van der Waals surface area contributed by atoms with Gasteiger partial charge in [-0.3, -0.25) is 4.79 Å². The van der Waals surface area contributed by atoms with Crippen LogP contribution in [-0.4, -0.2) is 15.5 Å². The molecule has 0 aromatic carbocycles. The van der Waals surface area contributed by atoms with Gasteiger partial charge in [-0.1, -0.05) is 6.07 Å². The van der Waals surface area contributed by atoms with Crippen LogP contribution in [0.4, 0.5) is 0 Å². The van der Waals surface area contributed by atoms with E-state index in [9.17, 15) is 4.79 Å². The van der Waals surface area contributed by atoms with Gasteiger partial charge in [0.25, 0.3) is 5.91 Å². The molecule has 3 aromatic heterocycles. The minimum absolute atomic E-state index is 0.210. The molecule has 0 aliphatic rings. The SMILES string of the molecule is Cc1ccc(CNC(=O)c2cc3ccccn3n2)o1. The average Bonchev–Trinajstić information content (AvgIpc) is 3.01. The second-order valence-electron chi connectivity index (χ2n) is 4.29. The van der Waals surface area contributed by atoms with Crippen molar-refractivity contribution in [2.75, 3.05) is 0 Å². The van der Waals surface area contributed by atoms with Gasteiger partial charge in [-0.25, -0.2) is 4.52 Å². The fourth-order valence-electron chi connectivity index (χ4n) is 1.89. The molecule has 0 saturated heterocycles. The molecular weight excluding hydrogens is 242 g/mol. The lowest BCUT2D eigenvalue weighted by Gasteiger charge is -1.99. The molecule has 3 rings (SSSR count). The first-order valence-electron chi connectivity index (χ1n) is 6.00. The molecular formula is C14H13N3O2. The number of nitrogens with zero attached hydrogens (tertiary/aromatic N) is 2. The summed E-state index contributed by atoms with van der Waals surface area (Å²) in [7, 11) is 0. The molecule has 0 unspecified atom stereocenters. The van der Waals surface area contributed by atoms with Gasteiger partial charge in [0.05, 0.1) is 12.1 Å². The van der Waals surface area contributed by atoms with Crippen LogP contribution < -0.4 is 5.32 Å². The van der Waals surface area contributed by atoms with Gasteiger partial charge in [0.1, 0.15) is 11.5 Å². The fourth-order valence-corrected chi connectivity index (χ4v) is 1.89. The van der Waals surface area contributed by atoms with E-state index in [1.807, 2.05) is 43.5 Å². The fraction of sp³-hybridized carbons (Fsp3) is 0.143. The summed E-state index contributed by atoms with van der Waals surface area (Å²) in [5.74, 6) is 1.35. The molecule has 0 spiro atoms. The van der Waals surface area contributed by atoms with Crippen molar-refractivity contribution >= 4 is 11.4 Å². The standard InChI is InChI=1S/C14H13N3O2/c1-10-5-6-12(19-10)9-15-14(18)13-8-11-4-2-3-7-17(11)16-13/h2-8H,9H2,1H3,(H,15,18). The number of carbonyl (C=O) groups excluding carboxylic acids is 1. The first kappa shape index (κ1) is 11.5. The summed E-state index contributed by atoms with van der Waals surface area (Å²) in [5.41, 5.74) is 1.29. The summed E-state index contributed by atoms with van der Waals surface area (Å²) in [6, 6.07) is 11.1. The van der Waals surface area contributed by atoms with Gasteiger partial charge in [0, 0.05) is 6.20 Å². The predicted octanol–water partition coefficient (Wildman–Crippen LogP) is 2.17. The number of furan rings is 1. The highest BCUT2D eigenvalue weighted by molar-refractivity contribution is 5.93. The molecule has 0 saturated carbocycles. The number of hydrogen-bond donors (Lipinski definition) is 1. The van der Waals surface area contributed by atoms with Crippen LogP contribution in [0.15, 0.2) is 47.0 Å². The van der Waals surface area contributed by atoms with E-state index in [1.165, 1.54) is 0 Å². The number of carbonyl (C=O) groups is 1. The molecule has 3 aromatic rings. The minimum Gasteiger partial charge on any atom is -0.465 e. The number of fused-ring (bicyclic) bond motifs is 1. The highest BCUT2D eigenvalue weighted by Crippen LogP contribution is 2.08. The van der Waals surface area contributed by atoms with Crippen LogP contribution in [0, 0.1) is 6.92 Å². The van der Waals surface area contributed by atoms with Crippen molar-refractivity contribution < 1.29 is 9.21 Å². The Morgan fingerprint density at radius 3 is 3.00 bits per heavy atom. The molecule has 1 amide bonds. The minimum atomic E-state index is -0.210. The largest absolute Gasteiger partial charge is 0.465 e. The second kappa shape index (κ2) is 4.61. The van der Waals surface area contributed by atoms with Crippen LogP contribution in [0.2, 0.25) is 0 Å². The number of amides is 1. The Hall–Kier alpha value is -2.56. The lowest BCUT2D eigenvalue weighted by Crippen LogP contribution is -2.23. The summed E-state index contributed by atoms with van der Waals surface area (Å²) in [5, 5.41) is 6.99. The smallest absolute Gasteiger partial charge is 0.272 e. The Morgan fingerprint density at radius 1 is 1.37 bits per heavy atom. The van der Waals surface area contributed by atoms with Gasteiger partial charge in [0.15, 0.2) is 5.69 Å². The monoisotopic (exact) mass is 255 g/mol. The molecule has 5 heteroatoms. The van der Waals surface area contributed by atoms with Gasteiger partial charge in [-0.15, -0.1) is 0 Å². The van der Waals surface area contributed by atoms with Gasteiger partial charge in [-0.2, -0.15) is 5.10 Å². The molecule has 19 heavy (non-hydrogen) atoms. The topological polar surface area (TPSA) is 59.5 Å². The Balaban J connectivity index is 1.73. The second-order valence-corrected chi connectivity index (χ2v) is 4.29. The maximum atomic E-state index is 12.0. The zero-order valence-electron chi connectivity index (χ0n) is 10.5. The third kappa shape index (κ3) is 2.35. The van der Waals surface area contributed by atoms with Crippen LogP contribution in [0.25, 0.3) is 5.52 Å². The summed E-state index contributed by atoms with van der Waals surface area (Å²) in [4.78, 5) is 12.0. The number of nitrogens with one attached hydrogen (secondary N) is 1. The van der Waals surface area contributed by atoms with Crippen molar-refractivity contribution in [3.63, 3.8) is 0 Å². The molecule has 0 aliphatic carbocycles. The quantitative estimate of drug-likeness (QED) is 0.780. The number of hydrogen-bond acceptors (Lipinski definition) is 3. The van der Waals surface area contributed by atoms with Crippen LogP contribution in [-0.2, 0) is 6.54 Å². The molecule has 96 valence electrons. The van der Waals surface area contributed by atoms with Crippen LogP contribution in [0.3, 0.4) is 0 Å². The van der Waals surface area contributed by atoms with Crippen LogP contribution in [0.1, 0.15) is 22.0 Å². The van der Waals surface area contributed by atoms with Gasteiger partial charge in [-0.05, 0) is 37.3 Å². The van der Waals surface area contributed by atoms with Gasteiger partial charge < -0.3 is 9.73 Å². The maximum absolute atomic E-state index is 12.0. The number of pyridine rings is 1. The summed E-state index contributed by atoms with van der Waals surface area (Å²) < 4.78 is 7.06. The van der Waals surface area contributed by atoms with E-state index < -0.39 is 0 Å². The molecule has 3 heterocycles. The Bertz CT molecular complexity index is 694. The number of aromatic nitrogens is 2. The van der Waals surface area contributed by atoms with Gasteiger partial charge in [0.2, 0.25) is 0 Å². The molecule has 0 bridgehead atoms. The lowest BCUT2D eigenvalue weighted by atomic mass is 10.3. The Labute approximate surface area is 109 Å². The molecule has 1 N–H and O–H groups in total. The third-order valence-electron chi connectivity index (χ3n) is 2.82. The third-order valence-corrected chi connectivity index (χ3v) is 2.82. The summed E-state index contributed by atoms with van der Waals surface area (Å²) >= 11 is 0. The average molecular weight is 255 g/mol. The van der Waals surface area contributed by atoms with E-state index in [0.717, 1.165) is 17.0 Å². The molecule has 0 aliphatic heterocycles. The van der Waals surface area contributed by atoms with Crippen LogP contribution >= 0.6 is 0 Å². The summed E-state index contributed by atoms with van der Waals surface area (Å²) in [6.07, 6.45) is 1.81. The number of rotatable bonds is 3. The summed E-state index contributed by atoms with van der Waals surface area (Å²) in [6.45, 7) is 2.23. The molecule has 0 radical (unpaired) electrons. The predicted molar refractivity (Wildman–Crippen MR) is 69.8 cm³/mol. The zero-order chi connectivity index (χ0) is 13.2. The molecule has 0 fully saturated rings. The van der Waals surface area contributed by atoms with Crippen LogP contribution in [0.5, 0.6) is 0 Å². The highest BCUT2D eigenvalue weighted by atomic mass is 16.3.